The molecule has 3 N–H and O–H groups in total. The van der Waals surface area contributed by atoms with E-state index in [-0.39, 0.29) is 24.2 Å². The second-order valence-corrected chi connectivity index (χ2v) is 12.1. The molecule has 1 unspecified atom stereocenters. The van der Waals surface area contributed by atoms with Crippen LogP contribution in [0, 0.1) is 11.8 Å². The van der Waals surface area contributed by atoms with Gasteiger partial charge < -0.3 is 24.9 Å². The van der Waals surface area contributed by atoms with Crippen LogP contribution in [0.5, 0.6) is 0 Å². The summed E-state index contributed by atoms with van der Waals surface area (Å²) in [5.74, 6) is 4.37. The molecule has 0 aromatic carbocycles. The number of rotatable bonds is 8. The number of aliphatic hydroxyl groups is 1. The van der Waals surface area contributed by atoms with Gasteiger partial charge in [-0.1, -0.05) is 26.7 Å². The smallest absolute Gasteiger partial charge is 0.407 e. The fraction of sp³-hybridized carbons (Fsp3) is 0.765. The predicted molar refractivity (Wildman–Crippen MR) is 99.6 cm³/mol. The van der Waals surface area contributed by atoms with Gasteiger partial charge in [-0.15, -0.1) is 0 Å². The third-order valence-electron chi connectivity index (χ3n) is 4.23. The lowest BCUT2D eigenvalue weighted by Crippen LogP contribution is -2.41. The Balaban J connectivity index is 4.16. The minimum Gasteiger partial charge on any atom is -0.453 e. The predicted octanol–water partition coefficient (Wildman–Crippen LogP) is 1.62. The first-order valence-corrected chi connectivity index (χ1v) is 11.3. The highest BCUT2D eigenvalue weighted by atomic mass is 28.4. The van der Waals surface area contributed by atoms with Crippen LogP contribution in [0.2, 0.25) is 18.1 Å². The monoisotopic (exact) mass is 372 g/mol. The minimum atomic E-state index is -1.77. The molecule has 0 radical (unpaired) electrons. The van der Waals surface area contributed by atoms with Crippen molar-refractivity contribution >= 4 is 20.3 Å². The van der Waals surface area contributed by atoms with Crippen LogP contribution in [0.15, 0.2) is 0 Å². The van der Waals surface area contributed by atoms with Crippen LogP contribution < -0.4 is 10.6 Å². The lowest BCUT2D eigenvalue weighted by Gasteiger charge is -2.36. The minimum absolute atomic E-state index is 0.0181. The molecule has 144 valence electrons. The number of carbonyl (C=O) groups excluding carboxylic acids is 2. The van der Waals surface area contributed by atoms with E-state index in [4.69, 9.17) is 4.43 Å². The molecule has 1 atom stereocenters. The van der Waals surface area contributed by atoms with E-state index in [0.717, 1.165) is 6.42 Å². The lowest BCUT2D eigenvalue weighted by atomic mass is 10.2. The van der Waals surface area contributed by atoms with Crippen LogP contribution in [0.4, 0.5) is 4.79 Å². The molecule has 0 saturated carbocycles. The van der Waals surface area contributed by atoms with Crippen LogP contribution in [-0.2, 0) is 14.0 Å². The summed E-state index contributed by atoms with van der Waals surface area (Å²) in [4.78, 5) is 22.5. The first-order valence-electron chi connectivity index (χ1n) is 8.39. The average molecular weight is 373 g/mol. The summed E-state index contributed by atoms with van der Waals surface area (Å²) in [6.07, 6.45) is 0.749. The van der Waals surface area contributed by atoms with Crippen molar-refractivity contribution in [3.63, 3.8) is 0 Å². The topological polar surface area (TPSA) is 96.9 Å². The van der Waals surface area contributed by atoms with Crippen LogP contribution in [-0.4, -0.2) is 58.3 Å². The summed E-state index contributed by atoms with van der Waals surface area (Å²) in [5, 5.41) is 14.5. The molecule has 2 amide bonds. The number of ether oxygens (including phenoxy) is 1. The molecule has 25 heavy (non-hydrogen) atoms. The van der Waals surface area contributed by atoms with E-state index in [1.807, 2.05) is 0 Å². The van der Waals surface area contributed by atoms with Crippen molar-refractivity contribution in [3.05, 3.63) is 0 Å². The summed E-state index contributed by atoms with van der Waals surface area (Å²) in [6, 6.07) is -0.363. The van der Waals surface area contributed by atoms with Crippen LogP contribution >= 0.6 is 0 Å². The lowest BCUT2D eigenvalue weighted by molar-refractivity contribution is -0.116. The Bertz CT molecular complexity index is 491. The van der Waals surface area contributed by atoms with Gasteiger partial charge in [0.05, 0.1) is 26.3 Å². The number of aliphatic hydroxyl groups excluding tert-OH is 1. The molecule has 8 heteroatoms. The van der Waals surface area contributed by atoms with Gasteiger partial charge in [-0.2, -0.15) is 0 Å². The van der Waals surface area contributed by atoms with Gasteiger partial charge in [-0.25, -0.2) is 4.79 Å². The Morgan fingerprint density at radius 1 is 1.28 bits per heavy atom. The SMILES string of the molecule is COC(=O)NCC#CC(=O)NC(CO)CCCO[Si](C)(C)C(C)(C)C. The first kappa shape index (κ1) is 23.4. The highest BCUT2D eigenvalue weighted by Crippen LogP contribution is 2.36. The number of nitrogens with one attached hydrogen (secondary N) is 2. The molecular formula is C17H32N2O5Si. The summed E-state index contributed by atoms with van der Waals surface area (Å²) in [7, 11) is -0.524. The van der Waals surface area contributed by atoms with Crippen molar-refractivity contribution < 1.29 is 23.9 Å². The van der Waals surface area contributed by atoms with Gasteiger partial charge in [0.1, 0.15) is 0 Å². The van der Waals surface area contributed by atoms with E-state index in [1.165, 1.54) is 7.11 Å². The molecule has 0 aliphatic carbocycles. The molecule has 0 aliphatic rings. The zero-order valence-corrected chi connectivity index (χ0v) is 17.2. The summed E-state index contributed by atoms with van der Waals surface area (Å²) < 4.78 is 10.4. The van der Waals surface area contributed by atoms with Gasteiger partial charge in [0.25, 0.3) is 5.91 Å². The number of carbonyl (C=O) groups is 2. The maximum atomic E-state index is 11.7. The van der Waals surface area contributed by atoms with Crippen molar-refractivity contribution in [2.45, 2.75) is 57.8 Å². The van der Waals surface area contributed by atoms with Gasteiger partial charge in [0, 0.05) is 6.61 Å². The van der Waals surface area contributed by atoms with Crippen molar-refractivity contribution in [3.8, 4) is 11.8 Å². The second-order valence-electron chi connectivity index (χ2n) is 7.25. The number of alkyl carbamates (subject to hydrolysis) is 1. The fourth-order valence-electron chi connectivity index (χ4n) is 1.62. The van der Waals surface area contributed by atoms with Gasteiger partial charge in [0.2, 0.25) is 0 Å². The second kappa shape index (κ2) is 11.1. The number of hydrogen-bond donors (Lipinski definition) is 3. The van der Waals surface area contributed by atoms with E-state index in [2.05, 4.69) is 61.1 Å². The normalized spacial score (nSPS) is 12.6. The van der Waals surface area contributed by atoms with E-state index >= 15 is 0 Å². The Labute approximate surface area is 152 Å². The standard InChI is InChI=1S/C17H32N2O5Si/c1-17(2,3)25(5,6)24-12-8-9-14(13-20)19-15(21)10-7-11-18-16(22)23-4/h14,20H,8-9,11-13H2,1-6H3,(H,18,22)(H,19,21). The Morgan fingerprint density at radius 2 is 1.92 bits per heavy atom. The largest absolute Gasteiger partial charge is 0.453 e. The third-order valence-corrected chi connectivity index (χ3v) is 8.77. The van der Waals surface area contributed by atoms with Crippen molar-refractivity contribution in [1.29, 1.82) is 0 Å². The highest BCUT2D eigenvalue weighted by Gasteiger charge is 2.36. The van der Waals surface area contributed by atoms with Crippen LogP contribution in [0.1, 0.15) is 33.6 Å². The molecule has 7 nitrogen and oxygen atoms in total. The molecular weight excluding hydrogens is 340 g/mol. The molecule has 0 bridgehead atoms. The number of amides is 2. The van der Waals surface area contributed by atoms with Crippen LogP contribution in [0.25, 0.3) is 0 Å². The Kier molecular flexibility index (Phi) is 10.4. The van der Waals surface area contributed by atoms with Gasteiger partial charge >= 0.3 is 6.09 Å². The Hall–Kier alpha value is -1.56. The van der Waals surface area contributed by atoms with Crippen molar-refractivity contribution in [2.75, 3.05) is 26.9 Å². The Morgan fingerprint density at radius 3 is 2.44 bits per heavy atom. The summed E-state index contributed by atoms with van der Waals surface area (Å²) in [5.41, 5.74) is 0. The molecule has 0 heterocycles. The molecule has 0 spiro atoms. The van der Waals surface area contributed by atoms with Gasteiger partial charge in [0.15, 0.2) is 8.32 Å². The van der Waals surface area contributed by atoms with E-state index in [0.29, 0.717) is 13.0 Å². The zero-order chi connectivity index (χ0) is 19.5. The number of methoxy groups -OCH3 is 1. The molecule has 0 aromatic rings. The average Bonchev–Trinajstić information content (AvgIpc) is 2.52. The molecule has 0 rings (SSSR count). The number of hydrogen-bond acceptors (Lipinski definition) is 5. The van der Waals surface area contributed by atoms with Gasteiger partial charge in [-0.3, -0.25) is 4.79 Å². The maximum Gasteiger partial charge on any atom is 0.407 e. The van der Waals surface area contributed by atoms with Crippen molar-refractivity contribution in [1.82, 2.24) is 10.6 Å². The summed E-state index contributed by atoms with van der Waals surface area (Å²) in [6.45, 7) is 11.4. The fourth-order valence-corrected chi connectivity index (χ4v) is 2.70. The molecule has 0 aromatic heterocycles. The first-order chi connectivity index (χ1) is 11.5. The van der Waals surface area contributed by atoms with E-state index in [9.17, 15) is 14.7 Å². The summed E-state index contributed by atoms with van der Waals surface area (Å²) >= 11 is 0. The van der Waals surface area contributed by atoms with E-state index < -0.39 is 20.3 Å². The molecule has 0 fully saturated rings. The quantitative estimate of drug-likeness (QED) is 0.342. The third kappa shape index (κ3) is 10.1. The van der Waals surface area contributed by atoms with Crippen molar-refractivity contribution in [2.24, 2.45) is 0 Å². The molecule has 0 aliphatic heterocycles. The maximum absolute atomic E-state index is 11.7. The highest BCUT2D eigenvalue weighted by molar-refractivity contribution is 6.74. The van der Waals surface area contributed by atoms with Gasteiger partial charge in [-0.05, 0) is 36.9 Å². The van der Waals surface area contributed by atoms with Crippen LogP contribution in [0.3, 0.4) is 0 Å². The van der Waals surface area contributed by atoms with E-state index in [1.54, 1.807) is 0 Å². The zero-order valence-electron chi connectivity index (χ0n) is 16.2. The molecule has 0 saturated heterocycles.